The number of benzene rings is 2. The van der Waals surface area contributed by atoms with Crippen molar-refractivity contribution in [3.63, 3.8) is 0 Å². The Morgan fingerprint density at radius 3 is 2.56 bits per heavy atom. The Labute approximate surface area is 203 Å². The first-order valence-electron chi connectivity index (χ1n) is 10.6. The highest BCUT2D eigenvalue weighted by molar-refractivity contribution is 6.04. The number of nitrogens with one attached hydrogen (secondary N) is 1. The average Bonchev–Trinajstić information content (AvgIpc) is 3.35. The van der Waals surface area contributed by atoms with Crippen LogP contribution in [-0.4, -0.2) is 25.7 Å². The maximum absolute atomic E-state index is 14.2. The van der Waals surface area contributed by atoms with Crippen LogP contribution in [0.1, 0.15) is 46.2 Å². The first-order valence-corrected chi connectivity index (χ1v) is 10.6. The number of halogens is 2. The van der Waals surface area contributed by atoms with Crippen LogP contribution in [0.25, 0.3) is 4.85 Å². The number of amides is 1. The maximum atomic E-state index is 14.2. The molecule has 0 spiro atoms. The van der Waals surface area contributed by atoms with E-state index in [-0.39, 0.29) is 22.8 Å². The Balaban J connectivity index is 1.90. The lowest BCUT2D eigenvalue weighted by Crippen LogP contribution is -2.29. The summed E-state index contributed by atoms with van der Waals surface area (Å²) in [7, 11) is 1.35. The molecule has 4 aromatic rings. The highest BCUT2D eigenvalue weighted by Gasteiger charge is 2.31. The molecule has 0 unspecified atom stereocenters. The van der Waals surface area contributed by atoms with E-state index in [2.05, 4.69) is 24.8 Å². The van der Waals surface area contributed by atoms with Crippen LogP contribution in [0.5, 0.6) is 5.75 Å². The molecule has 0 aliphatic rings. The van der Waals surface area contributed by atoms with E-state index in [4.69, 9.17) is 6.57 Å². The molecule has 0 aliphatic heterocycles. The van der Waals surface area contributed by atoms with E-state index in [1.807, 2.05) is 0 Å². The van der Waals surface area contributed by atoms with Crippen molar-refractivity contribution in [1.29, 1.82) is 0 Å². The second-order valence-corrected chi connectivity index (χ2v) is 8.04. The fraction of sp³-hybridized carbons (Fsp3) is 0.160. The van der Waals surface area contributed by atoms with Crippen molar-refractivity contribution < 1.29 is 23.2 Å². The average molecular weight is 491 g/mol. The Morgan fingerprint density at radius 1 is 1.22 bits per heavy atom. The van der Waals surface area contributed by atoms with Crippen LogP contribution in [0.4, 0.5) is 20.2 Å². The Hall–Kier alpha value is -4.85. The van der Waals surface area contributed by atoms with E-state index >= 15 is 0 Å². The summed E-state index contributed by atoms with van der Waals surface area (Å²) < 4.78 is 34.2. The van der Waals surface area contributed by atoms with E-state index in [0.29, 0.717) is 5.56 Å². The van der Waals surface area contributed by atoms with Crippen LogP contribution in [0.2, 0.25) is 0 Å². The summed E-state index contributed by atoms with van der Waals surface area (Å²) in [5.74, 6) is -4.98. The van der Waals surface area contributed by atoms with Crippen LogP contribution in [0.15, 0.2) is 64.2 Å². The predicted molar refractivity (Wildman–Crippen MR) is 125 cm³/mol. The lowest BCUT2D eigenvalue weighted by Gasteiger charge is -2.27. The molecule has 2 atom stereocenters. The molecule has 0 fully saturated rings. The van der Waals surface area contributed by atoms with Crippen molar-refractivity contribution >= 4 is 17.3 Å². The third-order valence-corrected chi connectivity index (χ3v) is 5.75. The molecule has 0 bridgehead atoms. The number of aromatic nitrogens is 3. The predicted octanol–water partition coefficient (Wildman–Crippen LogP) is 4.49. The molecule has 9 nitrogen and oxygen atoms in total. The van der Waals surface area contributed by atoms with Crippen molar-refractivity contribution in [3.05, 3.63) is 111 Å². The second kappa shape index (κ2) is 9.79. The number of anilines is 1. The number of rotatable bonds is 6. The largest absolute Gasteiger partial charge is 0.501 e. The van der Waals surface area contributed by atoms with Crippen molar-refractivity contribution in [2.75, 3.05) is 5.32 Å². The standard InChI is InChI=1S/C25H19F2N5O4/c1-13(20(14-8-15(26)10-16(27)9-14)18-6-4-5-7-19(18)28-2)23-31-21(22(33)25(35)32(23)3)24(34)30-17-11-29-36-12-17/h4-13,20,33H,1,3H3,(H,30,34)/t13-,20-/m0/s1. The van der Waals surface area contributed by atoms with Crippen LogP contribution in [-0.2, 0) is 7.05 Å². The summed E-state index contributed by atoms with van der Waals surface area (Å²) in [6.07, 6.45) is 2.37. The molecular weight excluding hydrogens is 472 g/mol. The van der Waals surface area contributed by atoms with Crippen molar-refractivity contribution in [2.45, 2.75) is 18.8 Å². The zero-order chi connectivity index (χ0) is 26.0. The fourth-order valence-corrected chi connectivity index (χ4v) is 4.12. The van der Waals surface area contributed by atoms with Gasteiger partial charge in [-0.25, -0.2) is 18.6 Å². The Kier molecular flexibility index (Phi) is 6.60. The van der Waals surface area contributed by atoms with Gasteiger partial charge in [0.1, 0.15) is 29.4 Å². The number of hydrogen-bond donors (Lipinski definition) is 2. The normalized spacial score (nSPS) is 12.5. The van der Waals surface area contributed by atoms with Crippen LogP contribution < -0.4 is 10.9 Å². The van der Waals surface area contributed by atoms with Crippen LogP contribution >= 0.6 is 0 Å². The van der Waals surface area contributed by atoms with Gasteiger partial charge in [-0.15, -0.1) is 0 Å². The van der Waals surface area contributed by atoms with Gasteiger partial charge in [-0.05, 0) is 23.3 Å². The molecule has 0 aliphatic carbocycles. The highest BCUT2D eigenvalue weighted by atomic mass is 19.1. The maximum Gasteiger partial charge on any atom is 0.296 e. The van der Waals surface area contributed by atoms with Crippen molar-refractivity contribution in [3.8, 4) is 5.75 Å². The van der Waals surface area contributed by atoms with Crippen molar-refractivity contribution in [1.82, 2.24) is 14.7 Å². The minimum Gasteiger partial charge on any atom is -0.501 e. The van der Waals surface area contributed by atoms with Gasteiger partial charge in [0.2, 0.25) is 5.75 Å². The van der Waals surface area contributed by atoms with Gasteiger partial charge in [0, 0.05) is 24.9 Å². The number of nitrogens with zero attached hydrogens (tertiary/aromatic N) is 4. The molecule has 182 valence electrons. The van der Waals surface area contributed by atoms with E-state index in [9.17, 15) is 23.5 Å². The van der Waals surface area contributed by atoms with Gasteiger partial charge in [-0.1, -0.05) is 36.3 Å². The second-order valence-electron chi connectivity index (χ2n) is 8.04. The van der Waals surface area contributed by atoms with Gasteiger partial charge >= 0.3 is 0 Å². The summed E-state index contributed by atoms with van der Waals surface area (Å²) in [5.41, 5.74) is -0.380. The molecule has 36 heavy (non-hydrogen) atoms. The van der Waals surface area contributed by atoms with E-state index in [1.165, 1.54) is 13.2 Å². The number of hydrogen-bond acceptors (Lipinski definition) is 6. The number of para-hydroxylation sites is 1. The summed E-state index contributed by atoms with van der Waals surface area (Å²) in [5, 5.41) is 16.3. The zero-order valence-electron chi connectivity index (χ0n) is 19.1. The van der Waals surface area contributed by atoms with Gasteiger partial charge in [0.05, 0.1) is 12.8 Å². The lowest BCUT2D eigenvalue weighted by molar-refractivity contribution is 0.101. The molecular formula is C25H19F2N5O4. The Morgan fingerprint density at radius 2 is 1.92 bits per heavy atom. The van der Waals surface area contributed by atoms with Crippen LogP contribution in [0, 0.1) is 18.2 Å². The third-order valence-electron chi connectivity index (χ3n) is 5.75. The quantitative estimate of drug-likeness (QED) is 0.384. The molecule has 2 heterocycles. The van der Waals surface area contributed by atoms with E-state index < -0.39 is 46.4 Å². The number of carbonyl (C=O) groups is 1. The smallest absolute Gasteiger partial charge is 0.296 e. The zero-order valence-corrected chi connectivity index (χ0v) is 19.1. The van der Waals surface area contributed by atoms with E-state index in [1.54, 1.807) is 31.2 Å². The number of aromatic hydroxyl groups is 1. The van der Waals surface area contributed by atoms with Gasteiger partial charge in [0.25, 0.3) is 11.5 Å². The van der Waals surface area contributed by atoms with Gasteiger partial charge in [-0.2, -0.15) is 0 Å². The highest BCUT2D eigenvalue weighted by Crippen LogP contribution is 2.42. The van der Waals surface area contributed by atoms with Crippen LogP contribution in [0.3, 0.4) is 0 Å². The summed E-state index contributed by atoms with van der Waals surface area (Å²) >= 11 is 0. The SMILES string of the molecule is [C-]#[N+]c1ccccc1[C@H](c1cc(F)cc(F)c1)[C@H](C)c1nc(C(=O)Nc2cnoc2)c(O)c(=O)n1C. The monoisotopic (exact) mass is 491 g/mol. The van der Waals surface area contributed by atoms with Crippen molar-refractivity contribution in [2.24, 2.45) is 7.05 Å². The van der Waals surface area contributed by atoms with Gasteiger partial charge in [-0.3, -0.25) is 14.2 Å². The fourth-order valence-electron chi connectivity index (χ4n) is 4.12. The molecule has 2 N–H and O–H groups in total. The summed E-state index contributed by atoms with van der Waals surface area (Å²) in [6, 6.07) is 9.57. The third kappa shape index (κ3) is 4.56. The van der Waals surface area contributed by atoms with Gasteiger partial charge in [0.15, 0.2) is 11.4 Å². The number of carbonyl (C=O) groups excluding carboxylic acids is 1. The van der Waals surface area contributed by atoms with Gasteiger partial charge < -0.3 is 14.9 Å². The molecule has 0 saturated carbocycles. The first-order chi connectivity index (χ1) is 17.2. The summed E-state index contributed by atoms with van der Waals surface area (Å²) in [4.78, 5) is 33.4. The Bertz CT molecular complexity index is 1520. The molecule has 4 rings (SSSR count). The molecule has 11 heteroatoms. The molecule has 2 aromatic carbocycles. The molecule has 1 amide bonds. The molecule has 0 radical (unpaired) electrons. The minimum atomic E-state index is -0.898. The van der Waals surface area contributed by atoms with E-state index in [0.717, 1.165) is 29.0 Å². The molecule has 0 saturated heterocycles. The lowest BCUT2D eigenvalue weighted by atomic mass is 9.80. The molecule has 2 aromatic heterocycles. The first kappa shape index (κ1) is 24.3. The topological polar surface area (TPSA) is 115 Å². The summed E-state index contributed by atoms with van der Waals surface area (Å²) in [6.45, 7) is 9.21. The minimum absolute atomic E-state index is 0.0442.